The normalized spacial score (nSPS) is 19.0. The Morgan fingerprint density at radius 3 is 2.68 bits per heavy atom. The molecule has 22 heavy (non-hydrogen) atoms. The predicted octanol–water partition coefficient (Wildman–Crippen LogP) is 3.77. The average molecular weight is 304 g/mol. The van der Waals surface area contributed by atoms with Gasteiger partial charge in [0.15, 0.2) is 0 Å². The minimum absolute atomic E-state index is 0.193. The van der Waals surface area contributed by atoms with Crippen molar-refractivity contribution in [2.75, 3.05) is 4.90 Å². The first-order valence-corrected chi connectivity index (χ1v) is 8.44. The van der Waals surface area contributed by atoms with Gasteiger partial charge in [-0.15, -0.1) is 0 Å². The van der Waals surface area contributed by atoms with Crippen molar-refractivity contribution in [1.82, 2.24) is 4.98 Å². The Kier molecular flexibility index (Phi) is 5.57. The van der Waals surface area contributed by atoms with Crippen molar-refractivity contribution in [3.63, 3.8) is 0 Å². The van der Waals surface area contributed by atoms with Crippen molar-refractivity contribution in [2.24, 2.45) is 0 Å². The number of carbonyl (C=O) groups is 1. The average Bonchev–Trinajstić information content (AvgIpc) is 2.84. The predicted molar refractivity (Wildman–Crippen MR) is 88.7 cm³/mol. The molecule has 1 aliphatic rings. The monoisotopic (exact) mass is 304 g/mol. The van der Waals surface area contributed by atoms with E-state index in [0.717, 1.165) is 18.5 Å². The molecule has 4 heteroatoms. The van der Waals surface area contributed by atoms with Crippen molar-refractivity contribution in [3.8, 4) is 0 Å². The van der Waals surface area contributed by atoms with Crippen LogP contribution >= 0.6 is 0 Å². The summed E-state index contributed by atoms with van der Waals surface area (Å²) in [5.41, 5.74) is 0.533. The van der Waals surface area contributed by atoms with Gasteiger partial charge < -0.3 is 10.0 Å². The van der Waals surface area contributed by atoms with Gasteiger partial charge in [0.2, 0.25) is 5.91 Å². The first-order chi connectivity index (χ1) is 10.4. The fourth-order valence-corrected chi connectivity index (χ4v) is 3.07. The smallest absolute Gasteiger partial charge is 0.227 e. The molecule has 4 nitrogen and oxygen atoms in total. The van der Waals surface area contributed by atoms with Crippen LogP contribution in [0.15, 0.2) is 18.3 Å². The van der Waals surface area contributed by atoms with Crippen molar-refractivity contribution in [3.05, 3.63) is 24.0 Å². The van der Waals surface area contributed by atoms with Gasteiger partial charge in [0.25, 0.3) is 0 Å². The molecule has 2 heterocycles. The van der Waals surface area contributed by atoms with Gasteiger partial charge in [-0.25, -0.2) is 0 Å². The maximum atomic E-state index is 12.2. The topological polar surface area (TPSA) is 53.4 Å². The van der Waals surface area contributed by atoms with Gasteiger partial charge in [-0.1, -0.05) is 32.6 Å². The Morgan fingerprint density at radius 1 is 1.32 bits per heavy atom. The second-order valence-electron chi connectivity index (χ2n) is 6.77. The van der Waals surface area contributed by atoms with E-state index in [-0.39, 0.29) is 5.91 Å². The highest BCUT2D eigenvalue weighted by molar-refractivity contribution is 5.96. The van der Waals surface area contributed by atoms with E-state index in [1.807, 2.05) is 17.0 Å². The molecule has 0 saturated carbocycles. The van der Waals surface area contributed by atoms with Crippen molar-refractivity contribution in [2.45, 2.75) is 77.4 Å². The maximum absolute atomic E-state index is 12.2. The van der Waals surface area contributed by atoms with Crippen LogP contribution in [0.4, 0.5) is 5.69 Å². The summed E-state index contributed by atoms with van der Waals surface area (Å²) >= 11 is 0. The Morgan fingerprint density at radius 2 is 2.09 bits per heavy atom. The number of pyridine rings is 1. The summed E-state index contributed by atoms with van der Waals surface area (Å²) in [5.74, 6) is 0.193. The SMILES string of the molecule is CCCCCC[C@@H]1CCC(=O)N1c1ccc(C(C)(C)O)nc1. The number of anilines is 1. The highest BCUT2D eigenvalue weighted by Gasteiger charge is 2.32. The third-order valence-electron chi connectivity index (χ3n) is 4.37. The third-order valence-corrected chi connectivity index (χ3v) is 4.37. The van der Waals surface area contributed by atoms with Crippen LogP contribution in [-0.4, -0.2) is 22.0 Å². The summed E-state index contributed by atoms with van der Waals surface area (Å²) in [5, 5.41) is 9.97. The van der Waals surface area contributed by atoms with Crippen LogP contribution in [0.25, 0.3) is 0 Å². The molecule has 2 rings (SSSR count). The molecule has 1 aromatic heterocycles. The lowest BCUT2D eigenvalue weighted by Crippen LogP contribution is -2.33. The van der Waals surface area contributed by atoms with Crippen LogP contribution in [0.3, 0.4) is 0 Å². The Labute approximate surface area is 133 Å². The van der Waals surface area contributed by atoms with Gasteiger partial charge in [0.05, 0.1) is 17.6 Å². The molecule has 0 aliphatic carbocycles. The highest BCUT2D eigenvalue weighted by atomic mass is 16.3. The molecule has 1 N–H and O–H groups in total. The van der Waals surface area contributed by atoms with E-state index in [1.54, 1.807) is 20.0 Å². The minimum atomic E-state index is -0.951. The largest absolute Gasteiger partial charge is 0.384 e. The van der Waals surface area contributed by atoms with Crippen molar-refractivity contribution in [1.29, 1.82) is 0 Å². The van der Waals surface area contributed by atoms with Crippen LogP contribution in [0.2, 0.25) is 0 Å². The first kappa shape index (κ1) is 16.9. The summed E-state index contributed by atoms with van der Waals surface area (Å²) in [6.07, 6.45) is 9.28. The zero-order valence-electron chi connectivity index (χ0n) is 14.0. The number of rotatable bonds is 7. The lowest BCUT2D eigenvalue weighted by atomic mass is 10.0. The third kappa shape index (κ3) is 4.07. The summed E-state index contributed by atoms with van der Waals surface area (Å²) in [6, 6.07) is 4.02. The number of hydrogen-bond donors (Lipinski definition) is 1. The Balaban J connectivity index is 2.05. The molecule has 0 bridgehead atoms. The van der Waals surface area contributed by atoms with E-state index >= 15 is 0 Å². The van der Waals surface area contributed by atoms with Gasteiger partial charge in [0.1, 0.15) is 5.60 Å². The number of nitrogens with zero attached hydrogens (tertiary/aromatic N) is 2. The minimum Gasteiger partial charge on any atom is -0.384 e. The molecule has 1 aliphatic heterocycles. The van der Waals surface area contributed by atoms with Gasteiger partial charge >= 0.3 is 0 Å². The molecule has 1 atom stereocenters. The Hall–Kier alpha value is -1.42. The molecular formula is C18H28N2O2. The molecule has 1 saturated heterocycles. The zero-order chi connectivity index (χ0) is 16.2. The van der Waals surface area contributed by atoms with E-state index < -0.39 is 5.60 Å². The molecule has 1 fully saturated rings. The van der Waals surface area contributed by atoms with Gasteiger partial charge in [-0.2, -0.15) is 0 Å². The van der Waals surface area contributed by atoms with Gasteiger partial charge in [0, 0.05) is 12.5 Å². The zero-order valence-corrected chi connectivity index (χ0v) is 14.0. The molecule has 1 aromatic rings. The number of amides is 1. The van der Waals surface area contributed by atoms with Crippen molar-refractivity contribution < 1.29 is 9.90 Å². The molecule has 0 aromatic carbocycles. The fourth-order valence-electron chi connectivity index (χ4n) is 3.07. The van der Waals surface area contributed by atoms with Crippen LogP contribution < -0.4 is 4.90 Å². The number of carbonyl (C=O) groups excluding carboxylic acids is 1. The number of unbranched alkanes of at least 4 members (excludes halogenated alkanes) is 3. The second-order valence-corrected chi connectivity index (χ2v) is 6.77. The van der Waals surface area contributed by atoms with E-state index in [2.05, 4.69) is 11.9 Å². The molecule has 0 spiro atoms. The Bertz CT molecular complexity index is 491. The molecule has 0 unspecified atom stereocenters. The second kappa shape index (κ2) is 7.23. The molecule has 122 valence electrons. The lowest BCUT2D eigenvalue weighted by molar-refractivity contribution is -0.117. The van der Waals surface area contributed by atoms with Gasteiger partial charge in [-0.3, -0.25) is 9.78 Å². The van der Waals surface area contributed by atoms with Crippen LogP contribution in [0, 0.1) is 0 Å². The maximum Gasteiger partial charge on any atom is 0.227 e. The number of aromatic nitrogens is 1. The first-order valence-electron chi connectivity index (χ1n) is 8.44. The van der Waals surface area contributed by atoms with E-state index in [1.165, 1.54) is 25.7 Å². The van der Waals surface area contributed by atoms with E-state index in [9.17, 15) is 9.90 Å². The molecule has 1 amide bonds. The van der Waals surface area contributed by atoms with E-state index in [0.29, 0.717) is 18.2 Å². The lowest BCUT2D eigenvalue weighted by Gasteiger charge is -2.25. The molecular weight excluding hydrogens is 276 g/mol. The van der Waals surface area contributed by atoms with E-state index in [4.69, 9.17) is 0 Å². The van der Waals surface area contributed by atoms with Crippen molar-refractivity contribution >= 4 is 11.6 Å². The van der Waals surface area contributed by atoms with Crippen LogP contribution in [0.1, 0.15) is 71.4 Å². The summed E-state index contributed by atoms with van der Waals surface area (Å²) < 4.78 is 0. The van der Waals surface area contributed by atoms with Crippen LogP contribution in [0.5, 0.6) is 0 Å². The number of aliphatic hydroxyl groups is 1. The molecule has 0 radical (unpaired) electrons. The summed E-state index contributed by atoms with van der Waals surface area (Å²) in [4.78, 5) is 18.4. The fraction of sp³-hybridized carbons (Fsp3) is 0.667. The quantitative estimate of drug-likeness (QED) is 0.780. The van der Waals surface area contributed by atoms with Crippen LogP contribution in [-0.2, 0) is 10.4 Å². The standard InChI is InChI=1S/C18H28N2O2/c1-4-5-6-7-8-14-10-12-17(21)20(14)15-9-11-16(19-13-15)18(2,3)22/h9,11,13-14,22H,4-8,10,12H2,1-3H3/t14-/m1/s1. The van der Waals surface area contributed by atoms with Gasteiger partial charge in [-0.05, 0) is 38.8 Å². The summed E-state index contributed by atoms with van der Waals surface area (Å²) in [6.45, 7) is 5.64. The highest BCUT2D eigenvalue weighted by Crippen LogP contribution is 2.30. The summed E-state index contributed by atoms with van der Waals surface area (Å²) in [7, 11) is 0. The number of hydrogen-bond acceptors (Lipinski definition) is 3.